The van der Waals surface area contributed by atoms with Crippen molar-refractivity contribution in [3.8, 4) is 0 Å². The van der Waals surface area contributed by atoms with Gasteiger partial charge in [0.25, 0.3) is 0 Å². The van der Waals surface area contributed by atoms with Gasteiger partial charge in [-0.05, 0) is 89.5 Å². The second-order valence-corrected chi connectivity index (χ2v) is 18.0. The van der Waals surface area contributed by atoms with E-state index in [2.05, 4.69) is 37.2 Å². The van der Waals surface area contributed by atoms with E-state index in [1.807, 2.05) is 13.8 Å². The zero-order valence-electron chi connectivity index (χ0n) is 37.8. The van der Waals surface area contributed by atoms with Crippen LogP contribution >= 0.6 is 0 Å². The summed E-state index contributed by atoms with van der Waals surface area (Å²) < 4.78 is 0. The van der Waals surface area contributed by atoms with Crippen molar-refractivity contribution in [3.05, 3.63) is 0 Å². The van der Waals surface area contributed by atoms with E-state index >= 15 is 0 Å². The Balaban J connectivity index is 1.71. The quantitative estimate of drug-likeness (QED) is 0.0630. The van der Waals surface area contributed by atoms with Gasteiger partial charge in [0.05, 0.1) is 6.04 Å². The first-order valence-electron chi connectivity index (χ1n) is 22.1. The number of nitrogens with one attached hydrogen (secondary N) is 7. The molecular weight excluding hydrogens is 823 g/mol. The smallest absolute Gasteiger partial charge is 0.326 e. The molecule has 0 unspecified atom stereocenters. The van der Waals surface area contributed by atoms with Crippen molar-refractivity contribution in [3.63, 3.8) is 0 Å². The summed E-state index contributed by atoms with van der Waals surface area (Å²) in [6.45, 7) is 14.2. The lowest BCUT2D eigenvalue weighted by Gasteiger charge is -2.33. The number of hydrogen-bond donors (Lipinski definition) is 9. The largest absolute Gasteiger partial charge is 0.481 e. The highest BCUT2D eigenvalue weighted by molar-refractivity contribution is 5.98. The fourth-order valence-electron chi connectivity index (χ4n) is 8.00. The van der Waals surface area contributed by atoms with Crippen molar-refractivity contribution in [1.82, 2.24) is 47.0 Å². The third-order valence-electron chi connectivity index (χ3n) is 11.6. The fourth-order valence-corrected chi connectivity index (χ4v) is 8.00. The van der Waals surface area contributed by atoms with Crippen LogP contribution in [-0.4, -0.2) is 153 Å². The number of hydrogen-bond acceptors (Lipinski definition) is 11. The summed E-state index contributed by atoms with van der Waals surface area (Å²) in [5, 5.41) is 37.8. The van der Waals surface area contributed by atoms with Gasteiger partial charge >= 0.3 is 11.9 Å². The number of carboxylic acid groups (broad SMARTS) is 2. The molecule has 0 saturated carbocycles. The monoisotopic (exact) mass is 892 g/mol. The van der Waals surface area contributed by atoms with Gasteiger partial charge < -0.3 is 57.2 Å². The minimum Gasteiger partial charge on any atom is -0.481 e. The summed E-state index contributed by atoms with van der Waals surface area (Å²) in [7, 11) is 0. The molecule has 63 heavy (non-hydrogen) atoms. The van der Waals surface area contributed by atoms with Crippen LogP contribution in [0, 0.1) is 17.8 Å². The molecule has 3 rings (SSSR count). The normalized spacial score (nSPS) is 21.5. The molecule has 0 radical (unpaired) electrons. The Bertz CT molecular complexity index is 1700. The SMILES string of the molecule is CC(C)C[C@H](NC(=O)[C@@H]1CCCN1C(=O)[C@@H](NC(=O)[C@@H]1CCCN1C(=O)[C@H](CCC(=O)O)NC(=O)[C@H](C)NC(=O)[C@H](C)NC(=O)[C@@H]1CCCN1)C(C)C)C(=O)N[C@H](C(=O)O)C(C)C. The summed E-state index contributed by atoms with van der Waals surface area (Å²) in [5.74, 6) is -8.39. The molecule has 3 aliphatic heterocycles. The molecular formula is C42H69N9O12. The molecule has 0 aromatic rings. The van der Waals surface area contributed by atoms with E-state index in [0.717, 1.165) is 6.42 Å². The first kappa shape index (κ1) is 52.0. The molecule has 0 aliphatic carbocycles. The second kappa shape index (κ2) is 23.9. The molecule has 3 saturated heterocycles. The van der Waals surface area contributed by atoms with Gasteiger partial charge in [-0.15, -0.1) is 0 Å². The summed E-state index contributed by atoms with van der Waals surface area (Å²) in [6.07, 6.45) is 2.16. The van der Waals surface area contributed by atoms with E-state index < -0.39 is 126 Å². The maximum absolute atomic E-state index is 14.2. The van der Waals surface area contributed by atoms with E-state index in [-0.39, 0.29) is 50.6 Å². The summed E-state index contributed by atoms with van der Waals surface area (Å²) in [4.78, 5) is 134. The molecule has 3 aliphatic rings. The van der Waals surface area contributed by atoms with Gasteiger partial charge in [-0.3, -0.25) is 43.2 Å². The van der Waals surface area contributed by atoms with E-state index in [1.165, 1.54) is 23.6 Å². The van der Waals surface area contributed by atoms with Gasteiger partial charge in [-0.1, -0.05) is 41.5 Å². The van der Waals surface area contributed by atoms with Crippen LogP contribution in [-0.2, 0) is 47.9 Å². The molecule has 21 heteroatoms. The van der Waals surface area contributed by atoms with Gasteiger partial charge in [0.2, 0.25) is 47.3 Å². The first-order valence-corrected chi connectivity index (χ1v) is 22.1. The highest BCUT2D eigenvalue weighted by Gasteiger charge is 2.43. The van der Waals surface area contributed by atoms with E-state index in [0.29, 0.717) is 25.8 Å². The van der Waals surface area contributed by atoms with Gasteiger partial charge in [0.1, 0.15) is 48.3 Å². The number of rotatable bonds is 22. The number of carboxylic acids is 2. The maximum atomic E-state index is 14.2. The third-order valence-corrected chi connectivity index (χ3v) is 11.6. The number of aliphatic carboxylic acids is 2. The molecule has 8 amide bonds. The van der Waals surface area contributed by atoms with Crippen molar-refractivity contribution in [1.29, 1.82) is 0 Å². The second-order valence-electron chi connectivity index (χ2n) is 18.0. The van der Waals surface area contributed by atoms with E-state index in [4.69, 9.17) is 0 Å². The summed E-state index contributed by atoms with van der Waals surface area (Å²) in [5.41, 5.74) is 0. The fraction of sp³-hybridized carbons (Fsp3) is 0.762. The molecule has 9 atom stereocenters. The van der Waals surface area contributed by atoms with E-state index in [9.17, 15) is 58.2 Å². The van der Waals surface area contributed by atoms with Crippen LogP contribution in [0.3, 0.4) is 0 Å². The number of likely N-dealkylation sites (tertiary alicyclic amines) is 2. The Morgan fingerprint density at radius 2 is 1.11 bits per heavy atom. The Labute approximate surface area is 368 Å². The van der Waals surface area contributed by atoms with E-state index in [1.54, 1.807) is 27.7 Å². The number of carbonyl (C=O) groups excluding carboxylic acids is 8. The molecule has 3 fully saturated rings. The Morgan fingerprint density at radius 1 is 0.571 bits per heavy atom. The molecule has 0 aromatic heterocycles. The van der Waals surface area contributed by atoms with Gasteiger partial charge in [0.15, 0.2) is 0 Å². The molecule has 3 heterocycles. The molecule has 0 bridgehead atoms. The minimum absolute atomic E-state index is 0.0540. The Kier molecular flexibility index (Phi) is 19.7. The van der Waals surface area contributed by atoms with Gasteiger partial charge in [-0.25, -0.2) is 4.79 Å². The van der Waals surface area contributed by atoms with Crippen molar-refractivity contribution < 1.29 is 58.2 Å². The average Bonchev–Trinajstić information content (AvgIpc) is 4.02. The predicted molar refractivity (Wildman–Crippen MR) is 227 cm³/mol. The third kappa shape index (κ3) is 14.9. The minimum atomic E-state index is -1.39. The first-order chi connectivity index (χ1) is 29.5. The van der Waals surface area contributed by atoms with Crippen molar-refractivity contribution in [2.75, 3.05) is 19.6 Å². The molecule has 0 spiro atoms. The van der Waals surface area contributed by atoms with Crippen LogP contribution < -0.4 is 37.2 Å². The van der Waals surface area contributed by atoms with Crippen molar-refractivity contribution in [2.24, 2.45) is 17.8 Å². The van der Waals surface area contributed by atoms with Crippen LogP contribution in [0.15, 0.2) is 0 Å². The topological polar surface area (TPSA) is 302 Å². The molecule has 9 N–H and O–H groups in total. The van der Waals surface area contributed by atoms with Crippen LogP contribution in [0.2, 0.25) is 0 Å². The standard InChI is InChI=1S/C42H69N9O12/c1-21(2)20-28(37(57)49-33(23(5)6)42(62)63)47-38(58)29-13-11-19-51(29)41(61)32(22(3)4)48-39(59)30-14-10-18-50(30)40(60)27(15-16-31(52)53)46-35(55)25(8)44-34(54)24(7)45-36(56)26-12-9-17-43-26/h21-30,32-33,43H,9-20H2,1-8H3,(H,44,54)(H,45,56)(H,46,55)(H,47,58)(H,48,59)(H,49,57)(H,52,53)(H,62,63)/t24-,25-,26-,27-,28-,29-,30-,32-,33-/m0/s1. The Hall–Kier alpha value is -5.34. The highest BCUT2D eigenvalue weighted by atomic mass is 16.4. The average molecular weight is 892 g/mol. The summed E-state index contributed by atoms with van der Waals surface area (Å²) >= 11 is 0. The number of nitrogens with zero attached hydrogens (tertiary/aromatic N) is 2. The molecule has 354 valence electrons. The van der Waals surface area contributed by atoms with Gasteiger partial charge in [0, 0.05) is 19.5 Å². The number of carbonyl (C=O) groups is 10. The summed E-state index contributed by atoms with van der Waals surface area (Å²) in [6, 6.07) is -9.43. The zero-order chi connectivity index (χ0) is 47.3. The zero-order valence-corrected chi connectivity index (χ0v) is 37.8. The Morgan fingerprint density at radius 3 is 1.62 bits per heavy atom. The highest BCUT2D eigenvalue weighted by Crippen LogP contribution is 2.24. The molecule has 0 aromatic carbocycles. The lowest BCUT2D eigenvalue weighted by atomic mass is 9.99. The lowest BCUT2D eigenvalue weighted by molar-refractivity contribution is -0.146. The van der Waals surface area contributed by atoms with Crippen LogP contribution in [0.25, 0.3) is 0 Å². The lowest BCUT2D eigenvalue weighted by Crippen LogP contribution is -2.60. The maximum Gasteiger partial charge on any atom is 0.326 e. The molecule has 21 nitrogen and oxygen atoms in total. The van der Waals surface area contributed by atoms with Crippen LogP contribution in [0.1, 0.15) is 113 Å². The van der Waals surface area contributed by atoms with Gasteiger partial charge in [-0.2, -0.15) is 0 Å². The van der Waals surface area contributed by atoms with Crippen LogP contribution in [0.5, 0.6) is 0 Å². The number of amides is 8. The van der Waals surface area contributed by atoms with Crippen molar-refractivity contribution >= 4 is 59.2 Å². The van der Waals surface area contributed by atoms with Crippen molar-refractivity contribution in [2.45, 2.75) is 168 Å². The predicted octanol–water partition coefficient (Wildman–Crippen LogP) is -1.02. The van der Waals surface area contributed by atoms with Crippen LogP contribution in [0.4, 0.5) is 0 Å².